The van der Waals surface area contributed by atoms with E-state index in [4.69, 9.17) is 4.74 Å². The van der Waals surface area contributed by atoms with Gasteiger partial charge in [-0.2, -0.15) is 0 Å². The highest BCUT2D eigenvalue weighted by Gasteiger charge is 2.74. The average molecular weight is 525 g/mol. The highest BCUT2D eigenvalue weighted by atomic mass is 32.2. The monoisotopic (exact) mass is 524 g/mol. The average Bonchev–Trinajstić information content (AvgIpc) is 3.19. The van der Waals surface area contributed by atoms with Crippen LogP contribution in [0.4, 0.5) is 0 Å². The molecule has 4 aliphatic heterocycles. The van der Waals surface area contributed by atoms with Gasteiger partial charge in [-0.05, 0) is 32.3 Å². The highest BCUT2D eigenvalue weighted by Crippen LogP contribution is 2.66. The number of cyclic esters (lactones) is 1. The van der Waals surface area contributed by atoms with Gasteiger partial charge in [0.15, 0.2) is 0 Å². The Morgan fingerprint density at radius 3 is 2.57 bits per heavy atom. The van der Waals surface area contributed by atoms with E-state index in [2.05, 4.69) is 6.92 Å². The zero-order valence-electron chi connectivity index (χ0n) is 21.7. The molecule has 1 N–H and O–H groups in total. The third kappa shape index (κ3) is 4.04. The molecule has 0 aromatic heterocycles. The van der Waals surface area contributed by atoms with Crippen LogP contribution in [-0.2, 0) is 19.1 Å². The minimum Gasteiger partial charge on any atom is -0.465 e. The molecule has 1 aromatic carbocycles. The molecule has 1 spiro atoms. The van der Waals surface area contributed by atoms with Crippen LogP contribution in [0.3, 0.4) is 0 Å². The molecule has 4 heterocycles. The molecule has 0 saturated carbocycles. The SMILES string of the molecule is CCCC(C)N1CC=C[C@]23S[C@]4(C)C=CCCOC(=O)[C@@H]4[C@H]2C(=O)N([C@H](CO)c2ccccc2)C3C1=O. The molecule has 7 atom stereocenters. The maximum atomic E-state index is 14.5. The first kappa shape index (κ1) is 26.0. The van der Waals surface area contributed by atoms with Gasteiger partial charge in [0.1, 0.15) is 6.04 Å². The summed E-state index contributed by atoms with van der Waals surface area (Å²) < 4.78 is 3.96. The molecule has 1 aromatic rings. The molecule has 8 heteroatoms. The van der Waals surface area contributed by atoms with Crippen molar-refractivity contribution in [3.63, 3.8) is 0 Å². The van der Waals surface area contributed by atoms with Crippen molar-refractivity contribution < 1.29 is 24.2 Å². The fourth-order valence-corrected chi connectivity index (χ4v) is 8.92. The number of aliphatic hydroxyl groups is 1. The van der Waals surface area contributed by atoms with E-state index in [1.54, 1.807) is 4.90 Å². The second-order valence-electron chi connectivity index (χ2n) is 10.7. The summed E-state index contributed by atoms with van der Waals surface area (Å²) >= 11 is 1.53. The molecule has 0 aliphatic carbocycles. The van der Waals surface area contributed by atoms with Gasteiger partial charge in [0, 0.05) is 17.3 Å². The van der Waals surface area contributed by atoms with E-state index in [0.29, 0.717) is 13.0 Å². The first-order valence-electron chi connectivity index (χ1n) is 13.3. The van der Waals surface area contributed by atoms with Crippen molar-refractivity contribution in [1.82, 2.24) is 9.80 Å². The van der Waals surface area contributed by atoms with Gasteiger partial charge >= 0.3 is 5.97 Å². The zero-order chi connectivity index (χ0) is 26.4. The summed E-state index contributed by atoms with van der Waals surface area (Å²) in [7, 11) is 0. The van der Waals surface area contributed by atoms with E-state index >= 15 is 0 Å². The number of ether oxygens (including phenoxy) is 1. The molecule has 2 saturated heterocycles. The fourth-order valence-electron chi connectivity index (χ4n) is 6.78. The van der Waals surface area contributed by atoms with E-state index in [-0.39, 0.29) is 31.1 Å². The van der Waals surface area contributed by atoms with Gasteiger partial charge in [-0.1, -0.05) is 68.0 Å². The van der Waals surface area contributed by atoms with Gasteiger partial charge in [0.2, 0.25) is 11.8 Å². The number of nitrogens with zero attached hydrogens (tertiary/aromatic N) is 2. The Hall–Kier alpha value is -2.58. The Bertz CT molecular complexity index is 1120. The molecule has 198 valence electrons. The molecular formula is C29H36N2O5S. The van der Waals surface area contributed by atoms with E-state index in [1.165, 1.54) is 11.8 Å². The number of benzene rings is 1. The smallest absolute Gasteiger partial charge is 0.311 e. The zero-order valence-corrected chi connectivity index (χ0v) is 22.5. The summed E-state index contributed by atoms with van der Waals surface area (Å²) in [5.41, 5.74) is 0.760. The molecule has 5 rings (SSSR count). The Morgan fingerprint density at radius 2 is 1.86 bits per heavy atom. The molecule has 2 fully saturated rings. The van der Waals surface area contributed by atoms with Gasteiger partial charge in [0.25, 0.3) is 0 Å². The predicted octanol–water partition coefficient (Wildman–Crippen LogP) is 3.50. The lowest BCUT2D eigenvalue weighted by atomic mass is 9.74. The van der Waals surface area contributed by atoms with E-state index in [9.17, 15) is 19.5 Å². The standard InChI is InChI=1S/C29H36N2O5S/c1-4-11-19(2)30-16-10-15-29-22(23-27(35)36-17-9-8-14-28(23,3)37-29)25(33)31(24(29)26(30)34)21(18-32)20-12-6-5-7-13-20/h5-8,10,12-15,19,21-24,32H,4,9,11,16-18H2,1-3H3/t19?,21-,22+,23+,24?,28-,29+/m1/s1. The Balaban J connectivity index is 1.69. The molecule has 37 heavy (non-hydrogen) atoms. The largest absolute Gasteiger partial charge is 0.465 e. The van der Waals surface area contributed by atoms with Gasteiger partial charge in [-0.15, -0.1) is 11.8 Å². The Labute approximate surface area is 222 Å². The highest BCUT2D eigenvalue weighted by molar-refractivity contribution is 8.02. The maximum absolute atomic E-state index is 14.5. The number of esters is 1. The Kier molecular flexibility index (Phi) is 7.00. The van der Waals surface area contributed by atoms with Crippen LogP contribution in [0, 0.1) is 11.8 Å². The number of hydrogen-bond donors (Lipinski definition) is 1. The van der Waals surface area contributed by atoms with Crippen LogP contribution in [0.5, 0.6) is 0 Å². The molecule has 4 aliphatic rings. The summed E-state index contributed by atoms with van der Waals surface area (Å²) in [5.74, 6) is -2.30. The number of thioether (sulfide) groups is 1. The summed E-state index contributed by atoms with van der Waals surface area (Å²) in [5, 5.41) is 10.6. The van der Waals surface area contributed by atoms with Crippen LogP contribution in [0.2, 0.25) is 0 Å². The van der Waals surface area contributed by atoms with Crippen molar-refractivity contribution in [3.8, 4) is 0 Å². The van der Waals surface area contributed by atoms with Crippen molar-refractivity contribution in [3.05, 3.63) is 60.2 Å². The Morgan fingerprint density at radius 1 is 1.11 bits per heavy atom. The van der Waals surface area contributed by atoms with Crippen molar-refractivity contribution in [2.75, 3.05) is 19.8 Å². The van der Waals surface area contributed by atoms with Crippen LogP contribution in [0.25, 0.3) is 0 Å². The lowest BCUT2D eigenvalue weighted by molar-refractivity contribution is -0.155. The summed E-state index contributed by atoms with van der Waals surface area (Å²) in [6, 6.07) is 7.79. The lowest BCUT2D eigenvalue weighted by Crippen LogP contribution is -2.56. The summed E-state index contributed by atoms with van der Waals surface area (Å²) in [6.45, 7) is 6.52. The number of carbonyl (C=O) groups excluding carboxylic acids is 3. The van der Waals surface area contributed by atoms with Crippen LogP contribution in [-0.4, -0.2) is 74.0 Å². The van der Waals surface area contributed by atoms with E-state index < -0.39 is 39.4 Å². The van der Waals surface area contributed by atoms with Crippen molar-refractivity contribution in [2.24, 2.45) is 11.8 Å². The van der Waals surface area contributed by atoms with Crippen molar-refractivity contribution >= 4 is 29.5 Å². The number of carbonyl (C=O) groups is 3. The first-order valence-corrected chi connectivity index (χ1v) is 14.1. The maximum Gasteiger partial charge on any atom is 0.311 e. The number of fused-ring (bicyclic) bond motifs is 2. The second kappa shape index (κ2) is 9.95. The third-order valence-corrected chi connectivity index (χ3v) is 10.2. The van der Waals surface area contributed by atoms with Gasteiger partial charge < -0.3 is 19.6 Å². The van der Waals surface area contributed by atoms with Crippen LogP contribution < -0.4 is 0 Å². The van der Waals surface area contributed by atoms with Crippen LogP contribution >= 0.6 is 11.8 Å². The fraction of sp³-hybridized carbons (Fsp3) is 0.552. The summed E-state index contributed by atoms with van der Waals surface area (Å²) in [6.07, 6.45) is 10.5. The van der Waals surface area contributed by atoms with E-state index in [1.807, 2.05) is 73.4 Å². The number of rotatable bonds is 6. The van der Waals surface area contributed by atoms with E-state index in [0.717, 1.165) is 18.4 Å². The van der Waals surface area contributed by atoms with Crippen LogP contribution in [0.15, 0.2) is 54.6 Å². The molecule has 0 radical (unpaired) electrons. The quantitative estimate of drug-likeness (QED) is 0.453. The number of aliphatic hydroxyl groups excluding tert-OH is 1. The van der Waals surface area contributed by atoms with Gasteiger partial charge in [0.05, 0.1) is 35.8 Å². The third-order valence-electron chi connectivity index (χ3n) is 8.42. The number of amides is 2. The minimum atomic E-state index is -0.954. The molecule has 2 unspecified atom stereocenters. The molecule has 7 nitrogen and oxygen atoms in total. The lowest BCUT2D eigenvalue weighted by Gasteiger charge is -2.41. The normalized spacial score (nSPS) is 34.7. The number of likely N-dealkylation sites (tertiary alicyclic amines) is 1. The predicted molar refractivity (Wildman–Crippen MR) is 143 cm³/mol. The van der Waals surface area contributed by atoms with Crippen molar-refractivity contribution in [2.45, 2.75) is 67.7 Å². The van der Waals surface area contributed by atoms with Crippen molar-refractivity contribution in [1.29, 1.82) is 0 Å². The van der Waals surface area contributed by atoms with Gasteiger partial charge in [-0.3, -0.25) is 14.4 Å². The second-order valence-corrected chi connectivity index (χ2v) is 12.5. The van der Waals surface area contributed by atoms with Gasteiger partial charge in [-0.25, -0.2) is 0 Å². The molecular weight excluding hydrogens is 488 g/mol. The number of hydrogen-bond acceptors (Lipinski definition) is 6. The van der Waals surface area contributed by atoms with Crippen LogP contribution in [0.1, 0.15) is 51.6 Å². The summed E-state index contributed by atoms with van der Waals surface area (Å²) in [4.78, 5) is 45.9. The topological polar surface area (TPSA) is 87.2 Å². The molecule has 2 amide bonds. The minimum absolute atomic E-state index is 0.00173. The molecule has 0 bridgehead atoms. The first-order chi connectivity index (χ1) is 17.8.